The number of thioether (sulfide) groups is 6. The maximum atomic E-state index is 9.18. The zero-order valence-electron chi connectivity index (χ0n) is 32.4. The second-order valence-electron chi connectivity index (χ2n) is 9.23. The van der Waals surface area contributed by atoms with Crippen LogP contribution in [-0.4, -0.2) is 187 Å². The molecule has 21 heteroatoms. The molecule has 0 unspecified atom stereocenters. The van der Waals surface area contributed by atoms with Gasteiger partial charge in [-0.25, -0.2) is 0 Å². The van der Waals surface area contributed by atoms with E-state index in [0.29, 0.717) is 76.5 Å². The number of rotatable bonds is 40. The van der Waals surface area contributed by atoms with Crippen LogP contribution in [0.25, 0.3) is 0 Å². The summed E-state index contributed by atoms with van der Waals surface area (Å²) in [5.74, 6) is 7.70. The van der Waals surface area contributed by atoms with Gasteiger partial charge in [0, 0.05) is 46.9 Å². The van der Waals surface area contributed by atoms with Crippen LogP contribution < -0.4 is 0 Å². The standard InChI is InChI=1S/C22H46O6S6.C7H16O2S2.C3H6O2.2ClH.Zn/c1-29-16-10-23-4-7-26-13-19-32-22(33-20-14-27-8-5-24-11-17-30-2)34-21-15-28-9-6-25-12-18-31-3;10-6-1-2-8-3-4-9-5-7-11;1-2-5-3-4;;;/h22H,4-21H2,1-3H3;10-11H,1-7H2;3H,2H2,1H3;2*1H;/q;;;;;+2/p-2. The van der Waals surface area contributed by atoms with Crippen molar-refractivity contribution >= 4 is 122 Å². The number of thiol groups is 2. The van der Waals surface area contributed by atoms with Crippen molar-refractivity contribution in [3.05, 3.63) is 0 Å². The molecule has 53 heavy (non-hydrogen) atoms. The summed E-state index contributed by atoms with van der Waals surface area (Å²) in [6.45, 7) is 14.2. The zero-order chi connectivity index (χ0) is 40.0. The molecule has 0 atom stereocenters. The van der Waals surface area contributed by atoms with Gasteiger partial charge in [0.2, 0.25) is 0 Å². The van der Waals surface area contributed by atoms with E-state index in [1.807, 2.05) is 35.3 Å². The fourth-order valence-electron chi connectivity index (χ4n) is 2.77. The van der Waals surface area contributed by atoms with Gasteiger partial charge in [-0.15, -0.1) is 35.3 Å². The predicted molar refractivity (Wildman–Crippen MR) is 245 cm³/mol. The Balaban J connectivity index is -0.000000514. The molecule has 0 amide bonds. The summed E-state index contributed by atoms with van der Waals surface area (Å²) in [6, 6.07) is 0. The molecule has 0 aliphatic heterocycles. The Bertz CT molecular complexity index is 558. The topological polar surface area (TPSA) is 100 Å². The predicted octanol–water partition coefficient (Wildman–Crippen LogP) is 7.48. The first-order valence-electron chi connectivity index (χ1n) is 17.4. The number of ether oxygens (including phenoxy) is 9. The summed E-state index contributed by atoms with van der Waals surface area (Å²) in [5, 5.41) is 0. The molecule has 0 aliphatic carbocycles. The van der Waals surface area contributed by atoms with E-state index in [9.17, 15) is 4.79 Å². The Hall–Kier alpha value is 3.15. The fraction of sp³-hybridized carbons (Fsp3) is 0.969. The van der Waals surface area contributed by atoms with E-state index in [0.717, 1.165) is 98.7 Å². The molecule has 0 aromatic rings. The molecule has 0 saturated heterocycles. The van der Waals surface area contributed by atoms with Gasteiger partial charge in [-0.2, -0.15) is 60.5 Å². The van der Waals surface area contributed by atoms with Crippen LogP contribution in [0.15, 0.2) is 0 Å². The molecule has 0 radical (unpaired) electrons. The molecule has 0 rings (SSSR count). The Morgan fingerprint density at radius 3 is 1.06 bits per heavy atom. The molecule has 0 N–H and O–H groups in total. The van der Waals surface area contributed by atoms with Crippen molar-refractivity contribution in [3.63, 3.8) is 0 Å². The fourth-order valence-corrected chi connectivity index (χ4v) is 7.99. The first kappa shape index (κ1) is 62.8. The zero-order valence-corrected chi connectivity index (χ0v) is 43.6. The van der Waals surface area contributed by atoms with Crippen LogP contribution in [0.2, 0.25) is 0 Å². The molecule has 0 fully saturated rings. The summed E-state index contributed by atoms with van der Waals surface area (Å²) in [5.41, 5.74) is 0. The average molecular weight is 1010 g/mol. The minimum absolute atomic E-state index is 0.431. The van der Waals surface area contributed by atoms with Crippen LogP contribution in [0.5, 0.6) is 0 Å². The van der Waals surface area contributed by atoms with E-state index in [-0.39, 0.29) is 0 Å². The normalized spacial score (nSPS) is 10.4. The minimum atomic E-state index is -0.931. The van der Waals surface area contributed by atoms with E-state index in [1.54, 1.807) is 42.2 Å². The molecule has 0 spiro atoms. The van der Waals surface area contributed by atoms with Crippen LogP contribution >= 0.6 is 115 Å². The molecule has 10 nitrogen and oxygen atoms in total. The first-order valence-corrected chi connectivity index (χ1v) is 33.8. The molecule has 0 aromatic carbocycles. The second-order valence-corrected chi connectivity index (χ2v) is 22.2. The SMILES string of the molecule is CCOC=O.CSCCOCCOCCSC(SCCOCCOCCSC)SCCOCCOCCSC.SCCCOCCOCCS.[Cl][Zn][Cl]. The Kier molecular flexibility index (Phi) is 79.3. The summed E-state index contributed by atoms with van der Waals surface area (Å²) in [6.07, 6.45) is 7.28. The third kappa shape index (κ3) is 73.2. The van der Waals surface area contributed by atoms with Gasteiger partial charge < -0.3 is 42.6 Å². The van der Waals surface area contributed by atoms with Gasteiger partial charge in [0.05, 0.1) is 110 Å². The van der Waals surface area contributed by atoms with Crippen LogP contribution in [0.1, 0.15) is 13.3 Å². The molecular weight excluding hydrogens is 937 g/mol. The van der Waals surface area contributed by atoms with Crippen LogP contribution in [-0.2, 0) is 62.6 Å². The molecule has 0 saturated carbocycles. The Morgan fingerprint density at radius 1 is 0.509 bits per heavy atom. The van der Waals surface area contributed by atoms with E-state index in [4.69, 9.17) is 57.3 Å². The molecular formula is C32H68Cl2O10S8Zn. The molecule has 0 bridgehead atoms. The van der Waals surface area contributed by atoms with Crippen molar-refractivity contribution in [1.29, 1.82) is 0 Å². The summed E-state index contributed by atoms with van der Waals surface area (Å²) in [4.78, 5) is 9.18. The van der Waals surface area contributed by atoms with E-state index in [1.165, 1.54) is 0 Å². The Morgan fingerprint density at radius 2 is 0.811 bits per heavy atom. The summed E-state index contributed by atoms with van der Waals surface area (Å²) < 4.78 is 48.6. The molecule has 0 aliphatic rings. The van der Waals surface area contributed by atoms with Crippen molar-refractivity contribution in [2.24, 2.45) is 0 Å². The molecule has 0 aromatic heterocycles. The van der Waals surface area contributed by atoms with Gasteiger partial charge in [-0.1, -0.05) is 0 Å². The van der Waals surface area contributed by atoms with Gasteiger partial charge in [-0.3, -0.25) is 4.79 Å². The van der Waals surface area contributed by atoms with Crippen LogP contribution in [0, 0.1) is 0 Å². The maximum absolute atomic E-state index is 9.18. The monoisotopic (exact) mass is 1000 g/mol. The summed E-state index contributed by atoms with van der Waals surface area (Å²) >= 11 is 18.3. The van der Waals surface area contributed by atoms with Gasteiger partial charge in [-0.05, 0) is 37.9 Å². The van der Waals surface area contributed by atoms with Gasteiger partial charge in [0.1, 0.15) is 0 Å². The Labute approximate surface area is 375 Å². The quantitative estimate of drug-likeness (QED) is 0.0209. The van der Waals surface area contributed by atoms with Gasteiger partial charge in [0.15, 0.2) is 0 Å². The van der Waals surface area contributed by atoms with Crippen molar-refractivity contribution in [1.82, 2.24) is 0 Å². The van der Waals surface area contributed by atoms with Gasteiger partial charge >= 0.3 is 34.5 Å². The van der Waals surface area contributed by atoms with E-state index in [2.05, 4.69) is 48.8 Å². The summed E-state index contributed by atoms with van der Waals surface area (Å²) in [7, 11) is 9.90. The third-order valence-corrected chi connectivity index (χ3v) is 11.8. The van der Waals surface area contributed by atoms with Gasteiger partial charge in [0.25, 0.3) is 6.47 Å². The van der Waals surface area contributed by atoms with Crippen molar-refractivity contribution in [2.75, 3.05) is 177 Å². The third-order valence-electron chi connectivity index (χ3n) is 5.15. The van der Waals surface area contributed by atoms with Crippen molar-refractivity contribution in [3.8, 4) is 0 Å². The van der Waals surface area contributed by atoms with Crippen molar-refractivity contribution in [2.45, 2.75) is 17.3 Å². The van der Waals surface area contributed by atoms with E-state index < -0.39 is 15.1 Å². The number of hydrogen-bond acceptors (Lipinski definition) is 18. The molecule has 0 heterocycles. The first-order chi connectivity index (χ1) is 26.1. The van der Waals surface area contributed by atoms with Crippen molar-refractivity contribution < 1.29 is 62.6 Å². The number of carbonyl (C=O) groups excluding carboxylic acids is 1. The number of carbonyl (C=O) groups is 1. The number of hydrogen-bond donors (Lipinski definition) is 2. The number of halogens is 2. The van der Waals surface area contributed by atoms with Crippen LogP contribution in [0.3, 0.4) is 0 Å². The molecule has 320 valence electrons. The average Bonchev–Trinajstić information content (AvgIpc) is 3.16. The van der Waals surface area contributed by atoms with E-state index >= 15 is 0 Å². The van der Waals surface area contributed by atoms with Crippen LogP contribution in [0.4, 0.5) is 0 Å². The second kappa shape index (κ2) is 66.9.